The lowest BCUT2D eigenvalue weighted by atomic mass is 10.3. The summed E-state index contributed by atoms with van der Waals surface area (Å²) in [7, 11) is 3.88. The van der Waals surface area contributed by atoms with Crippen LogP contribution in [0.1, 0.15) is 10.4 Å². The molecule has 0 aliphatic carbocycles. The molecule has 0 aliphatic heterocycles. The van der Waals surface area contributed by atoms with E-state index in [0.29, 0.717) is 19.8 Å². The number of aromatic nitrogens is 2. The molecule has 2 aromatic rings. The lowest BCUT2D eigenvalue weighted by Crippen LogP contribution is -2.31. The van der Waals surface area contributed by atoms with Crippen molar-refractivity contribution in [3.8, 4) is 0 Å². The van der Waals surface area contributed by atoms with Gasteiger partial charge in [-0.25, -0.2) is 0 Å². The predicted molar refractivity (Wildman–Crippen MR) is 79.5 cm³/mol. The van der Waals surface area contributed by atoms with Crippen LogP contribution in [0.4, 0.5) is 0 Å². The molecule has 110 valence electrons. The first-order chi connectivity index (χ1) is 9.63. The third kappa shape index (κ3) is 5.05. The number of thiophene rings is 1. The van der Waals surface area contributed by atoms with Gasteiger partial charge >= 0.3 is 0 Å². The van der Waals surface area contributed by atoms with Gasteiger partial charge in [0.05, 0.1) is 25.5 Å². The highest BCUT2D eigenvalue weighted by Crippen LogP contribution is 2.10. The number of likely N-dealkylation sites (N-methyl/N-ethyl adjacent to an activating group) is 1. The molecule has 0 spiro atoms. The van der Waals surface area contributed by atoms with Gasteiger partial charge in [0.25, 0.3) is 0 Å². The molecular formula is C14H21N3O2S. The van der Waals surface area contributed by atoms with Crippen LogP contribution >= 0.6 is 11.3 Å². The average molecular weight is 295 g/mol. The first-order valence-corrected chi connectivity index (χ1v) is 7.45. The van der Waals surface area contributed by atoms with Gasteiger partial charge in [-0.3, -0.25) is 9.58 Å². The molecule has 2 heterocycles. The Hall–Kier alpha value is -1.21. The monoisotopic (exact) mass is 295 g/mol. The number of hydrogen-bond donors (Lipinski definition) is 1. The summed E-state index contributed by atoms with van der Waals surface area (Å²) in [5, 5.41) is 16.1. The molecule has 0 saturated carbocycles. The van der Waals surface area contributed by atoms with Gasteiger partial charge < -0.3 is 9.84 Å². The SMILES string of the molecule is CN(Cc1cnn(C)c1)C[C@@H](O)COCc1cccs1. The van der Waals surface area contributed by atoms with Crippen LogP contribution in [0, 0.1) is 0 Å². The van der Waals surface area contributed by atoms with Crippen molar-refractivity contribution in [3.05, 3.63) is 40.3 Å². The van der Waals surface area contributed by atoms with E-state index in [1.165, 1.54) is 4.88 Å². The van der Waals surface area contributed by atoms with Gasteiger partial charge in [0.1, 0.15) is 0 Å². The van der Waals surface area contributed by atoms with Crippen molar-refractivity contribution in [2.75, 3.05) is 20.2 Å². The summed E-state index contributed by atoms with van der Waals surface area (Å²) in [6.07, 6.45) is 3.35. The average Bonchev–Trinajstić information content (AvgIpc) is 3.01. The zero-order valence-corrected chi connectivity index (χ0v) is 12.7. The molecule has 0 unspecified atom stereocenters. The van der Waals surface area contributed by atoms with Crippen LogP contribution in [0.25, 0.3) is 0 Å². The lowest BCUT2D eigenvalue weighted by molar-refractivity contribution is 0.0135. The second kappa shape index (κ2) is 7.54. The van der Waals surface area contributed by atoms with Crippen molar-refractivity contribution in [2.45, 2.75) is 19.3 Å². The van der Waals surface area contributed by atoms with Gasteiger partial charge in [-0.15, -0.1) is 11.3 Å². The van der Waals surface area contributed by atoms with Gasteiger partial charge in [-0.2, -0.15) is 5.10 Å². The summed E-state index contributed by atoms with van der Waals surface area (Å²) >= 11 is 1.67. The van der Waals surface area contributed by atoms with Crippen LogP contribution in [0.3, 0.4) is 0 Å². The molecule has 0 bridgehead atoms. The van der Waals surface area contributed by atoms with Gasteiger partial charge in [0.15, 0.2) is 0 Å². The highest BCUT2D eigenvalue weighted by atomic mass is 32.1. The van der Waals surface area contributed by atoms with Crippen molar-refractivity contribution in [1.29, 1.82) is 0 Å². The van der Waals surface area contributed by atoms with Crippen molar-refractivity contribution >= 4 is 11.3 Å². The Labute approximate surface area is 123 Å². The van der Waals surface area contributed by atoms with Crippen LogP contribution in [-0.2, 0) is 24.9 Å². The zero-order chi connectivity index (χ0) is 14.4. The van der Waals surface area contributed by atoms with Crippen molar-refractivity contribution in [2.24, 2.45) is 7.05 Å². The highest BCUT2D eigenvalue weighted by molar-refractivity contribution is 7.09. The number of aryl methyl sites for hydroxylation is 1. The van der Waals surface area contributed by atoms with E-state index in [-0.39, 0.29) is 0 Å². The van der Waals surface area contributed by atoms with Crippen LogP contribution in [-0.4, -0.2) is 46.1 Å². The van der Waals surface area contributed by atoms with Crippen LogP contribution in [0.15, 0.2) is 29.9 Å². The predicted octanol–water partition coefficient (Wildman–Crippen LogP) is 1.49. The van der Waals surface area contributed by atoms with E-state index in [9.17, 15) is 5.11 Å². The Morgan fingerprint density at radius 3 is 3.05 bits per heavy atom. The van der Waals surface area contributed by atoms with E-state index in [4.69, 9.17) is 4.74 Å². The van der Waals surface area contributed by atoms with Crippen molar-refractivity contribution < 1.29 is 9.84 Å². The summed E-state index contributed by atoms with van der Waals surface area (Å²) in [6, 6.07) is 4.03. The maximum absolute atomic E-state index is 9.95. The van der Waals surface area contributed by atoms with Crippen molar-refractivity contribution in [3.63, 3.8) is 0 Å². The minimum atomic E-state index is -0.475. The lowest BCUT2D eigenvalue weighted by Gasteiger charge is -2.19. The van der Waals surface area contributed by atoms with E-state index < -0.39 is 6.10 Å². The Kier molecular flexibility index (Phi) is 5.72. The minimum Gasteiger partial charge on any atom is -0.389 e. The molecule has 0 amide bonds. The maximum atomic E-state index is 9.95. The fourth-order valence-electron chi connectivity index (χ4n) is 2.03. The number of aliphatic hydroxyl groups is 1. The number of ether oxygens (including phenoxy) is 1. The molecule has 1 atom stereocenters. The number of hydrogen-bond acceptors (Lipinski definition) is 5. The summed E-state index contributed by atoms with van der Waals surface area (Å²) in [6.45, 7) is 2.28. The Bertz CT molecular complexity index is 498. The number of aliphatic hydroxyl groups excluding tert-OH is 1. The van der Waals surface area contributed by atoms with E-state index >= 15 is 0 Å². The number of nitrogens with zero attached hydrogens (tertiary/aromatic N) is 3. The number of rotatable bonds is 8. The van der Waals surface area contributed by atoms with Crippen LogP contribution < -0.4 is 0 Å². The van der Waals surface area contributed by atoms with Gasteiger partial charge in [0.2, 0.25) is 0 Å². The molecule has 2 aromatic heterocycles. The van der Waals surface area contributed by atoms with Crippen LogP contribution in [0.2, 0.25) is 0 Å². The third-order valence-corrected chi connectivity index (χ3v) is 3.72. The maximum Gasteiger partial charge on any atom is 0.0900 e. The van der Waals surface area contributed by atoms with Crippen LogP contribution in [0.5, 0.6) is 0 Å². The molecular weight excluding hydrogens is 274 g/mol. The molecule has 6 heteroatoms. The Morgan fingerprint density at radius 1 is 1.55 bits per heavy atom. The molecule has 0 radical (unpaired) electrons. The fraction of sp³-hybridized carbons (Fsp3) is 0.500. The summed E-state index contributed by atoms with van der Waals surface area (Å²) in [5.41, 5.74) is 1.14. The largest absolute Gasteiger partial charge is 0.389 e. The molecule has 0 aromatic carbocycles. The van der Waals surface area contributed by atoms with Gasteiger partial charge in [-0.05, 0) is 18.5 Å². The first-order valence-electron chi connectivity index (χ1n) is 6.57. The molecule has 0 aliphatic rings. The quantitative estimate of drug-likeness (QED) is 0.802. The minimum absolute atomic E-state index is 0.356. The highest BCUT2D eigenvalue weighted by Gasteiger charge is 2.10. The summed E-state index contributed by atoms with van der Waals surface area (Å²) < 4.78 is 7.29. The normalized spacial score (nSPS) is 13.0. The Balaban J connectivity index is 1.64. The van der Waals surface area contributed by atoms with E-state index in [0.717, 1.165) is 12.1 Å². The van der Waals surface area contributed by atoms with Gasteiger partial charge in [-0.1, -0.05) is 6.07 Å². The molecule has 5 nitrogen and oxygen atoms in total. The fourth-order valence-corrected chi connectivity index (χ4v) is 2.67. The van der Waals surface area contributed by atoms with E-state index in [1.54, 1.807) is 16.0 Å². The molecule has 0 fully saturated rings. The van der Waals surface area contributed by atoms with E-state index in [1.807, 2.05) is 44.0 Å². The smallest absolute Gasteiger partial charge is 0.0900 e. The van der Waals surface area contributed by atoms with Crippen molar-refractivity contribution in [1.82, 2.24) is 14.7 Å². The van der Waals surface area contributed by atoms with Gasteiger partial charge in [0, 0.05) is 36.8 Å². The standard InChI is InChI=1S/C14H21N3O2S/c1-16(7-12-6-15-17(2)8-12)9-13(18)10-19-11-14-4-3-5-20-14/h3-6,8,13,18H,7,9-11H2,1-2H3/t13-/m1/s1. The topological polar surface area (TPSA) is 50.5 Å². The zero-order valence-electron chi connectivity index (χ0n) is 11.9. The molecule has 0 saturated heterocycles. The first kappa shape index (κ1) is 15.2. The molecule has 2 rings (SSSR count). The molecule has 20 heavy (non-hydrogen) atoms. The Morgan fingerprint density at radius 2 is 2.40 bits per heavy atom. The summed E-state index contributed by atoms with van der Waals surface area (Å²) in [4.78, 5) is 3.25. The second-order valence-corrected chi connectivity index (χ2v) is 6.00. The third-order valence-electron chi connectivity index (χ3n) is 2.87. The summed E-state index contributed by atoms with van der Waals surface area (Å²) in [5.74, 6) is 0. The van der Waals surface area contributed by atoms with E-state index in [2.05, 4.69) is 10.00 Å². The molecule has 1 N–H and O–H groups in total. The second-order valence-electron chi connectivity index (χ2n) is 4.97.